The van der Waals surface area contributed by atoms with E-state index in [1.807, 2.05) is 35.2 Å². The van der Waals surface area contributed by atoms with Crippen molar-refractivity contribution in [1.29, 1.82) is 0 Å². The van der Waals surface area contributed by atoms with Crippen molar-refractivity contribution in [2.24, 2.45) is 0 Å². The Morgan fingerprint density at radius 1 is 1.21 bits per heavy atom. The fourth-order valence-corrected chi connectivity index (χ4v) is 3.29. The van der Waals surface area contributed by atoms with Gasteiger partial charge in [0.1, 0.15) is 11.4 Å². The Bertz CT molecular complexity index is 750. The molecule has 1 aliphatic heterocycles. The van der Waals surface area contributed by atoms with Gasteiger partial charge in [-0.1, -0.05) is 43.0 Å². The number of aromatic nitrogens is 2. The predicted octanol–water partition coefficient (Wildman–Crippen LogP) is 2.85. The van der Waals surface area contributed by atoms with Crippen LogP contribution in [0.5, 0.6) is 0 Å². The molecule has 1 amide bonds. The number of hydrogen-bond acceptors (Lipinski definition) is 5. The van der Waals surface area contributed by atoms with Gasteiger partial charge in [0.25, 0.3) is 5.91 Å². The summed E-state index contributed by atoms with van der Waals surface area (Å²) in [6.45, 7) is 4.21. The van der Waals surface area contributed by atoms with Crippen molar-refractivity contribution in [3.63, 3.8) is 0 Å². The minimum absolute atomic E-state index is 0.00732. The number of benzene rings is 1. The van der Waals surface area contributed by atoms with E-state index < -0.39 is 0 Å². The van der Waals surface area contributed by atoms with E-state index in [2.05, 4.69) is 29.0 Å². The minimum Gasteiger partial charge on any atom is -0.357 e. The summed E-state index contributed by atoms with van der Waals surface area (Å²) in [5, 5.41) is 0.693. The summed E-state index contributed by atoms with van der Waals surface area (Å²) in [5.41, 5.74) is 3.08. The van der Waals surface area contributed by atoms with Crippen LogP contribution >= 0.6 is 11.8 Å². The fourth-order valence-electron chi connectivity index (χ4n) is 2.96. The molecule has 0 spiro atoms. The Labute approximate surface area is 147 Å². The molecule has 0 aliphatic carbocycles. The Morgan fingerprint density at radius 2 is 1.96 bits per heavy atom. The molecule has 6 heteroatoms. The van der Waals surface area contributed by atoms with E-state index in [0.29, 0.717) is 23.8 Å². The molecule has 0 fully saturated rings. The lowest BCUT2D eigenvalue weighted by Crippen LogP contribution is -2.33. The van der Waals surface area contributed by atoms with Crippen molar-refractivity contribution in [1.82, 2.24) is 14.9 Å². The Balaban J connectivity index is 1.92. The van der Waals surface area contributed by atoms with Gasteiger partial charge < -0.3 is 9.80 Å². The number of carbonyl (C=O) groups excluding carboxylic acids is 1. The second-order valence-electron chi connectivity index (χ2n) is 5.86. The van der Waals surface area contributed by atoms with Crippen LogP contribution in [0.2, 0.25) is 0 Å². The highest BCUT2D eigenvalue weighted by Crippen LogP contribution is 2.25. The quantitative estimate of drug-likeness (QED) is 0.632. The first-order valence-electron chi connectivity index (χ1n) is 8.12. The molecule has 0 radical (unpaired) electrons. The lowest BCUT2D eigenvalue weighted by Gasteiger charge is -2.22. The molecule has 1 aromatic heterocycles. The highest BCUT2D eigenvalue weighted by atomic mass is 32.2. The van der Waals surface area contributed by atoms with Crippen molar-refractivity contribution in [3.05, 3.63) is 47.2 Å². The summed E-state index contributed by atoms with van der Waals surface area (Å²) in [6, 6.07) is 8.32. The number of fused-ring (bicyclic) bond motifs is 1. The molecule has 0 N–H and O–H groups in total. The maximum absolute atomic E-state index is 13.0. The van der Waals surface area contributed by atoms with Crippen molar-refractivity contribution >= 4 is 23.5 Å². The van der Waals surface area contributed by atoms with Gasteiger partial charge in [-0.05, 0) is 23.8 Å². The molecule has 126 valence electrons. The summed E-state index contributed by atoms with van der Waals surface area (Å²) in [6.07, 6.45) is 4.57. The maximum atomic E-state index is 13.0. The smallest absolute Gasteiger partial charge is 0.259 e. The Kier molecular flexibility index (Phi) is 5.04. The zero-order chi connectivity index (χ0) is 17.1. The molecule has 5 nitrogen and oxygen atoms in total. The van der Waals surface area contributed by atoms with Gasteiger partial charge >= 0.3 is 0 Å². The topological polar surface area (TPSA) is 49.3 Å². The third kappa shape index (κ3) is 3.24. The summed E-state index contributed by atoms with van der Waals surface area (Å²) in [5.74, 6) is 0.735. The standard InChI is InChI=1S/C18H22N4OS/c1-4-13-7-5-6-8-14(13)12-22-10-9-21(2)16-15(17(22)23)11-19-18(20-16)24-3/h5-8,11H,4,9-10,12H2,1-3H3. The number of anilines is 1. The molecule has 0 atom stereocenters. The molecule has 2 aromatic rings. The summed E-state index contributed by atoms with van der Waals surface area (Å²) in [7, 11) is 1.98. The van der Waals surface area contributed by atoms with Gasteiger partial charge in [-0.2, -0.15) is 0 Å². The normalized spacial score (nSPS) is 14.5. The maximum Gasteiger partial charge on any atom is 0.259 e. The van der Waals surface area contributed by atoms with E-state index >= 15 is 0 Å². The summed E-state index contributed by atoms with van der Waals surface area (Å²) >= 11 is 1.49. The SMILES string of the molecule is CCc1ccccc1CN1CCN(C)c2nc(SC)ncc2C1=O. The van der Waals surface area contributed by atoms with Gasteiger partial charge in [0.2, 0.25) is 0 Å². The molecule has 0 saturated carbocycles. The van der Waals surface area contributed by atoms with Crippen LogP contribution in [0, 0.1) is 0 Å². The Morgan fingerprint density at radius 3 is 2.67 bits per heavy atom. The molecule has 1 aliphatic rings. The molecule has 0 saturated heterocycles. The van der Waals surface area contributed by atoms with E-state index in [-0.39, 0.29) is 5.91 Å². The molecule has 0 unspecified atom stereocenters. The highest BCUT2D eigenvalue weighted by molar-refractivity contribution is 7.98. The van der Waals surface area contributed by atoms with E-state index in [4.69, 9.17) is 0 Å². The average molecular weight is 342 g/mol. The van der Waals surface area contributed by atoms with Gasteiger partial charge in [0, 0.05) is 32.9 Å². The largest absolute Gasteiger partial charge is 0.357 e. The van der Waals surface area contributed by atoms with Gasteiger partial charge in [0.05, 0.1) is 0 Å². The van der Waals surface area contributed by atoms with E-state index in [0.717, 1.165) is 18.8 Å². The first-order valence-corrected chi connectivity index (χ1v) is 9.34. The number of rotatable bonds is 4. The number of carbonyl (C=O) groups is 1. The molecule has 3 rings (SSSR count). The molecule has 2 heterocycles. The van der Waals surface area contributed by atoms with Crippen molar-refractivity contribution in [2.75, 3.05) is 31.3 Å². The monoisotopic (exact) mass is 342 g/mol. The number of hydrogen-bond donors (Lipinski definition) is 0. The lowest BCUT2D eigenvalue weighted by atomic mass is 10.0. The number of thioether (sulfide) groups is 1. The van der Waals surface area contributed by atoms with Gasteiger partial charge in [0.15, 0.2) is 5.16 Å². The van der Waals surface area contributed by atoms with Crippen LogP contribution in [-0.4, -0.2) is 47.2 Å². The zero-order valence-electron chi connectivity index (χ0n) is 14.3. The van der Waals surface area contributed by atoms with Crippen LogP contribution in [0.1, 0.15) is 28.4 Å². The van der Waals surface area contributed by atoms with Crippen molar-refractivity contribution in [2.45, 2.75) is 25.0 Å². The molecule has 24 heavy (non-hydrogen) atoms. The van der Waals surface area contributed by atoms with E-state index in [1.165, 1.54) is 22.9 Å². The van der Waals surface area contributed by atoms with Gasteiger partial charge in [-0.15, -0.1) is 0 Å². The van der Waals surface area contributed by atoms with Gasteiger partial charge in [-0.3, -0.25) is 4.79 Å². The van der Waals surface area contributed by atoms with Crippen LogP contribution < -0.4 is 4.90 Å². The molecular formula is C18H22N4OS. The average Bonchev–Trinajstić information content (AvgIpc) is 2.74. The van der Waals surface area contributed by atoms with Crippen LogP contribution in [0.15, 0.2) is 35.6 Å². The fraction of sp³-hybridized carbons (Fsp3) is 0.389. The number of amides is 1. The van der Waals surface area contributed by atoms with Crippen LogP contribution in [0.3, 0.4) is 0 Å². The Hall–Kier alpha value is -2.08. The zero-order valence-corrected chi connectivity index (χ0v) is 15.1. The van der Waals surface area contributed by atoms with Crippen molar-refractivity contribution < 1.29 is 4.79 Å². The molecular weight excluding hydrogens is 320 g/mol. The van der Waals surface area contributed by atoms with E-state index in [1.54, 1.807) is 6.20 Å². The summed E-state index contributed by atoms with van der Waals surface area (Å²) < 4.78 is 0. The van der Waals surface area contributed by atoms with Gasteiger partial charge in [-0.25, -0.2) is 9.97 Å². The first kappa shape index (κ1) is 16.8. The number of likely N-dealkylation sites (N-methyl/N-ethyl adjacent to an activating group) is 1. The van der Waals surface area contributed by atoms with Crippen LogP contribution in [0.25, 0.3) is 0 Å². The molecule has 0 bridgehead atoms. The van der Waals surface area contributed by atoms with Crippen LogP contribution in [-0.2, 0) is 13.0 Å². The molecule has 1 aromatic carbocycles. The van der Waals surface area contributed by atoms with E-state index in [9.17, 15) is 4.79 Å². The lowest BCUT2D eigenvalue weighted by molar-refractivity contribution is 0.0754. The summed E-state index contributed by atoms with van der Waals surface area (Å²) in [4.78, 5) is 25.8. The minimum atomic E-state index is 0.00732. The van der Waals surface area contributed by atoms with Crippen molar-refractivity contribution in [3.8, 4) is 0 Å². The first-order chi connectivity index (χ1) is 11.6. The predicted molar refractivity (Wildman–Crippen MR) is 97.6 cm³/mol. The second-order valence-corrected chi connectivity index (χ2v) is 6.64. The third-order valence-corrected chi connectivity index (χ3v) is 4.94. The number of aryl methyl sites for hydroxylation is 1. The highest BCUT2D eigenvalue weighted by Gasteiger charge is 2.27. The van der Waals surface area contributed by atoms with Crippen LogP contribution in [0.4, 0.5) is 5.82 Å². The number of nitrogens with zero attached hydrogens (tertiary/aromatic N) is 4. The third-order valence-electron chi connectivity index (χ3n) is 4.37. The second kappa shape index (κ2) is 7.21.